The first kappa shape index (κ1) is 28.7. The number of hydrogen-bond donors (Lipinski definition) is 1. The SMILES string of the molecule is CCC(C(=O)NC(C)(C)C)N(CCc1ccccc1)C(=O)CN(c1ccc(Cl)cc1C)S(C)(=O)=O. The number of sulfonamides is 1. The molecule has 0 bridgehead atoms. The van der Waals surface area contributed by atoms with Gasteiger partial charge in [0.15, 0.2) is 0 Å². The van der Waals surface area contributed by atoms with Crippen LogP contribution in [0.4, 0.5) is 5.69 Å². The number of amides is 2. The van der Waals surface area contributed by atoms with Crippen molar-refractivity contribution in [3.8, 4) is 0 Å². The molecule has 1 unspecified atom stereocenters. The van der Waals surface area contributed by atoms with Crippen LogP contribution in [-0.4, -0.2) is 56.1 Å². The first-order chi connectivity index (χ1) is 16.2. The van der Waals surface area contributed by atoms with Gasteiger partial charge in [-0.3, -0.25) is 13.9 Å². The molecule has 0 fully saturated rings. The van der Waals surface area contributed by atoms with E-state index in [4.69, 9.17) is 11.6 Å². The van der Waals surface area contributed by atoms with E-state index in [1.165, 1.54) is 4.90 Å². The Balaban J connectivity index is 2.41. The molecule has 2 amide bonds. The minimum Gasteiger partial charge on any atom is -0.350 e. The smallest absolute Gasteiger partial charge is 0.244 e. The van der Waals surface area contributed by atoms with Crippen LogP contribution >= 0.6 is 11.6 Å². The number of nitrogens with one attached hydrogen (secondary N) is 1. The van der Waals surface area contributed by atoms with Crippen LogP contribution < -0.4 is 9.62 Å². The maximum Gasteiger partial charge on any atom is 0.244 e. The van der Waals surface area contributed by atoms with E-state index in [-0.39, 0.29) is 12.5 Å². The molecule has 0 aliphatic carbocycles. The van der Waals surface area contributed by atoms with E-state index in [1.54, 1.807) is 25.1 Å². The van der Waals surface area contributed by atoms with Crippen LogP contribution in [-0.2, 0) is 26.0 Å². The third-order valence-electron chi connectivity index (χ3n) is 5.48. The highest BCUT2D eigenvalue weighted by atomic mass is 35.5. The Morgan fingerprint density at radius 3 is 2.23 bits per heavy atom. The standard InChI is InChI=1S/C26H36ClN3O4S/c1-7-22(25(32)28-26(3,4)5)29(16-15-20-11-9-8-10-12-20)24(31)18-30(35(6,33)34)23-14-13-21(27)17-19(23)2/h8-14,17,22H,7,15-16,18H2,1-6H3,(H,28,32). The van der Waals surface area contributed by atoms with E-state index in [0.717, 1.165) is 16.1 Å². The lowest BCUT2D eigenvalue weighted by molar-refractivity contribution is -0.140. The second-order valence-corrected chi connectivity index (χ2v) is 12.0. The summed E-state index contributed by atoms with van der Waals surface area (Å²) in [7, 11) is -3.79. The Kier molecular flexibility index (Phi) is 9.75. The monoisotopic (exact) mass is 521 g/mol. The van der Waals surface area contributed by atoms with Gasteiger partial charge in [0.05, 0.1) is 11.9 Å². The van der Waals surface area contributed by atoms with Gasteiger partial charge in [-0.25, -0.2) is 8.42 Å². The van der Waals surface area contributed by atoms with Crippen LogP contribution in [0.1, 0.15) is 45.2 Å². The van der Waals surface area contributed by atoms with Crippen LogP contribution in [0.5, 0.6) is 0 Å². The summed E-state index contributed by atoms with van der Waals surface area (Å²) in [6.45, 7) is 9.06. The molecule has 2 aromatic carbocycles. The number of anilines is 1. The van der Waals surface area contributed by atoms with Crippen molar-refractivity contribution < 1.29 is 18.0 Å². The summed E-state index contributed by atoms with van der Waals surface area (Å²) in [5.41, 5.74) is 1.55. The molecular formula is C26H36ClN3O4S. The lowest BCUT2D eigenvalue weighted by Gasteiger charge is -2.34. The Morgan fingerprint density at radius 1 is 1.09 bits per heavy atom. The molecule has 0 aliphatic heterocycles. The fourth-order valence-corrected chi connectivity index (χ4v) is 4.98. The minimum absolute atomic E-state index is 0.269. The molecule has 0 aliphatic rings. The summed E-state index contributed by atoms with van der Waals surface area (Å²) in [5, 5.41) is 3.43. The van der Waals surface area contributed by atoms with Gasteiger partial charge < -0.3 is 10.2 Å². The fourth-order valence-electron chi connectivity index (χ4n) is 3.84. The van der Waals surface area contributed by atoms with Crippen molar-refractivity contribution in [2.75, 3.05) is 23.7 Å². The van der Waals surface area contributed by atoms with Gasteiger partial charge in [-0.2, -0.15) is 0 Å². The average Bonchev–Trinajstić information content (AvgIpc) is 2.74. The van der Waals surface area contributed by atoms with Crippen molar-refractivity contribution >= 4 is 39.1 Å². The zero-order valence-corrected chi connectivity index (χ0v) is 22.9. The summed E-state index contributed by atoms with van der Waals surface area (Å²) in [6.07, 6.45) is 1.98. The molecular weight excluding hydrogens is 486 g/mol. The van der Waals surface area contributed by atoms with E-state index >= 15 is 0 Å². The largest absolute Gasteiger partial charge is 0.350 e. The van der Waals surface area contributed by atoms with Gasteiger partial charge in [-0.15, -0.1) is 0 Å². The van der Waals surface area contributed by atoms with Gasteiger partial charge in [-0.1, -0.05) is 48.9 Å². The van der Waals surface area contributed by atoms with Crippen LogP contribution in [0.3, 0.4) is 0 Å². The molecule has 35 heavy (non-hydrogen) atoms. The number of aryl methyl sites for hydroxylation is 1. The molecule has 2 rings (SSSR count). The van der Waals surface area contributed by atoms with Gasteiger partial charge in [0.1, 0.15) is 12.6 Å². The molecule has 0 spiro atoms. The minimum atomic E-state index is -3.79. The first-order valence-corrected chi connectivity index (χ1v) is 13.8. The lowest BCUT2D eigenvalue weighted by Crippen LogP contribution is -2.56. The molecule has 0 saturated carbocycles. The maximum atomic E-state index is 13.7. The van der Waals surface area contributed by atoms with Crippen LogP contribution in [0.15, 0.2) is 48.5 Å². The van der Waals surface area contributed by atoms with Gasteiger partial charge in [0, 0.05) is 17.1 Å². The van der Waals surface area contributed by atoms with Gasteiger partial charge >= 0.3 is 0 Å². The highest BCUT2D eigenvalue weighted by Crippen LogP contribution is 2.26. The van der Waals surface area contributed by atoms with E-state index < -0.39 is 34.1 Å². The Morgan fingerprint density at radius 2 is 1.71 bits per heavy atom. The van der Waals surface area contributed by atoms with Crippen molar-refractivity contribution in [3.05, 3.63) is 64.7 Å². The normalized spacial score (nSPS) is 12.7. The second-order valence-electron chi connectivity index (χ2n) is 9.69. The third kappa shape index (κ3) is 8.54. The molecule has 0 aromatic heterocycles. The topological polar surface area (TPSA) is 86.8 Å². The van der Waals surface area contributed by atoms with Gasteiger partial charge in [0.2, 0.25) is 21.8 Å². The molecule has 7 nitrogen and oxygen atoms in total. The molecule has 0 heterocycles. The number of hydrogen-bond acceptors (Lipinski definition) is 4. The number of halogens is 1. The summed E-state index contributed by atoms with van der Waals surface area (Å²) in [6, 6.07) is 13.7. The van der Waals surface area contributed by atoms with Crippen molar-refractivity contribution in [3.63, 3.8) is 0 Å². The van der Waals surface area contributed by atoms with Crippen molar-refractivity contribution in [2.45, 2.75) is 59.0 Å². The summed E-state index contributed by atoms with van der Waals surface area (Å²) >= 11 is 6.05. The van der Waals surface area contributed by atoms with Crippen molar-refractivity contribution in [1.29, 1.82) is 0 Å². The highest BCUT2D eigenvalue weighted by Gasteiger charge is 2.33. The Hall–Kier alpha value is -2.58. The van der Waals surface area contributed by atoms with E-state index in [0.29, 0.717) is 29.1 Å². The van der Waals surface area contributed by atoms with E-state index in [1.807, 2.05) is 58.0 Å². The van der Waals surface area contributed by atoms with E-state index in [9.17, 15) is 18.0 Å². The van der Waals surface area contributed by atoms with Crippen LogP contribution in [0.25, 0.3) is 0 Å². The quantitative estimate of drug-likeness (QED) is 0.508. The molecule has 1 atom stereocenters. The molecule has 0 radical (unpaired) electrons. The summed E-state index contributed by atoms with van der Waals surface area (Å²) in [5.74, 6) is -0.716. The number of benzene rings is 2. The van der Waals surface area contributed by atoms with Crippen molar-refractivity contribution in [1.82, 2.24) is 10.2 Å². The Labute approximate surface area is 214 Å². The zero-order chi connectivity index (χ0) is 26.4. The van der Waals surface area contributed by atoms with Gasteiger partial charge in [-0.05, 0) is 69.9 Å². The summed E-state index contributed by atoms with van der Waals surface area (Å²) < 4.78 is 26.5. The van der Waals surface area contributed by atoms with Crippen LogP contribution in [0.2, 0.25) is 5.02 Å². The van der Waals surface area contributed by atoms with Crippen LogP contribution in [0, 0.1) is 6.92 Å². The Bertz CT molecular complexity index is 1130. The predicted molar refractivity (Wildman–Crippen MR) is 142 cm³/mol. The third-order valence-corrected chi connectivity index (χ3v) is 6.84. The number of rotatable bonds is 10. The molecule has 9 heteroatoms. The molecule has 1 N–H and O–H groups in total. The van der Waals surface area contributed by atoms with Crippen molar-refractivity contribution in [2.24, 2.45) is 0 Å². The fraction of sp³-hybridized carbons (Fsp3) is 0.462. The predicted octanol–water partition coefficient (Wildman–Crippen LogP) is 4.18. The van der Waals surface area contributed by atoms with Gasteiger partial charge in [0.25, 0.3) is 0 Å². The first-order valence-electron chi connectivity index (χ1n) is 11.6. The second kappa shape index (κ2) is 11.9. The number of nitrogens with zero attached hydrogens (tertiary/aromatic N) is 2. The number of carbonyl (C=O) groups excluding carboxylic acids is 2. The highest BCUT2D eigenvalue weighted by molar-refractivity contribution is 7.92. The lowest BCUT2D eigenvalue weighted by atomic mass is 10.1. The summed E-state index contributed by atoms with van der Waals surface area (Å²) in [4.78, 5) is 28.3. The number of carbonyl (C=O) groups is 2. The molecule has 2 aromatic rings. The molecule has 0 saturated heterocycles. The molecule has 192 valence electrons. The maximum absolute atomic E-state index is 13.7. The zero-order valence-electron chi connectivity index (χ0n) is 21.3. The average molecular weight is 522 g/mol. The van der Waals surface area contributed by atoms with E-state index in [2.05, 4.69) is 5.32 Å².